The molecule has 1 heterocycles. The standard InChI is InChI=1S/C19H21F3N2O4/c1-18(2,3)28-17(27)23-15(16(25)26)11-14-8-5-9-24(14)13-7-4-6-12(10-13)19(20,21)22/h4-10,15H,11H2,1-3H3,(H,23,27)(H,25,26). The molecule has 2 rings (SSSR count). The zero-order chi connectivity index (χ0) is 21.1. The van der Waals surface area contributed by atoms with Crippen LogP contribution >= 0.6 is 0 Å². The van der Waals surface area contributed by atoms with E-state index in [1.165, 1.54) is 22.9 Å². The maximum absolute atomic E-state index is 13.0. The summed E-state index contributed by atoms with van der Waals surface area (Å²) in [7, 11) is 0. The van der Waals surface area contributed by atoms with Gasteiger partial charge in [-0.25, -0.2) is 9.59 Å². The van der Waals surface area contributed by atoms with Gasteiger partial charge in [-0.2, -0.15) is 13.2 Å². The number of carbonyl (C=O) groups is 2. The van der Waals surface area contributed by atoms with E-state index in [1.54, 1.807) is 32.9 Å². The minimum absolute atomic E-state index is 0.141. The number of amides is 1. The number of hydrogen-bond acceptors (Lipinski definition) is 3. The van der Waals surface area contributed by atoms with Gasteiger partial charge in [0.2, 0.25) is 0 Å². The van der Waals surface area contributed by atoms with Crippen molar-refractivity contribution in [3.05, 3.63) is 53.9 Å². The summed E-state index contributed by atoms with van der Waals surface area (Å²) in [6, 6.07) is 6.53. The van der Waals surface area contributed by atoms with Crippen molar-refractivity contribution in [1.29, 1.82) is 0 Å². The predicted molar refractivity (Wildman–Crippen MR) is 95.3 cm³/mol. The van der Waals surface area contributed by atoms with Gasteiger partial charge in [-0.05, 0) is 51.1 Å². The molecule has 0 fully saturated rings. The summed E-state index contributed by atoms with van der Waals surface area (Å²) in [5, 5.41) is 11.7. The number of nitrogens with one attached hydrogen (secondary N) is 1. The third-order valence-electron chi connectivity index (χ3n) is 3.69. The topological polar surface area (TPSA) is 80.6 Å². The third kappa shape index (κ3) is 5.77. The first kappa shape index (κ1) is 21.3. The molecule has 0 aliphatic rings. The van der Waals surface area contributed by atoms with Crippen molar-refractivity contribution in [2.45, 2.75) is 45.0 Å². The number of ether oxygens (including phenoxy) is 1. The molecular formula is C19H21F3N2O4. The summed E-state index contributed by atoms with van der Waals surface area (Å²) in [5.41, 5.74) is -0.962. The predicted octanol–water partition coefficient (Wildman–Crippen LogP) is 4.02. The average Bonchev–Trinajstić information content (AvgIpc) is 3.00. The molecule has 2 aromatic rings. The molecule has 0 spiro atoms. The Labute approximate surface area is 159 Å². The Balaban J connectivity index is 2.24. The summed E-state index contributed by atoms with van der Waals surface area (Å²) in [6.45, 7) is 4.92. The van der Waals surface area contributed by atoms with Gasteiger partial charge in [0.1, 0.15) is 11.6 Å². The van der Waals surface area contributed by atoms with Gasteiger partial charge in [-0.3, -0.25) is 0 Å². The Morgan fingerprint density at radius 3 is 2.43 bits per heavy atom. The summed E-state index contributed by atoms with van der Waals surface area (Å²) in [6.07, 6.45) is -4.00. The van der Waals surface area contributed by atoms with Crippen molar-refractivity contribution >= 4 is 12.1 Å². The largest absolute Gasteiger partial charge is 0.480 e. The Hall–Kier alpha value is -2.97. The van der Waals surface area contributed by atoms with Gasteiger partial charge < -0.3 is 19.7 Å². The van der Waals surface area contributed by atoms with E-state index in [9.17, 15) is 27.9 Å². The molecule has 0 bridgehead atoms. The number of aliphatic carboxylic acids is 1. The highest BCUT2D eigenvalue weighted by Crippen LogP contribution is 2.30. The first-order valence-corrected chi connectivity index (χ1v) is 8.43. The number of halogens is 3. The Morgan fingerprint density at radius 2 is 1.86 bits per heavy atom. The second kappa shape index (κ2) is 7.95. The molecule has 28 heavy (non-hydrogen) atoms. The van der Waals surface area contributed by atoms with Crippen LogP contribution in [0.3, 0.4) is 0 Å². The number of rotatable bonds is 5. The second-order valence-electron chi connectivity index (χ2n) is 7.16. The highest BCUT2D eigenvalue weighted by atomic mass is 19.4. The Morgan fingerprint density at radius 1 is 1.18 bits per heavy atom. The molecule has 6 nitrogen and oxygen atoms in total. The summed E-state index contributed by atoms with van der Waals surface area (Å²) in [4.78, 5) is 23.4. The number of alkyl carbamates (subject to hydrolysis) is 1. The van der Waals surface area contributed by atoms with E-state index in [0.29, 0.717) is 5.69 Å². The number of carboxylic acid groups (broad SMARTS) is 1. The highest BCUT2D eigenvalue weighted by Gasteiger charge is 2.31. The van der Waals surface area contributed by atoms with Gasteiger partial charge in [0.15, 0.2) is 0 Å². The number of hydrogen-bond donors (Lipinski definition) is 2. The van der Waals surface area contributed by atoms with Crippen LogP contribution in [0.4, 0.5) is 18.0 Å². The maximum Gasteiger partial charge on any atom is 0.416 e. The van der Waals surface area contributed by atoms with E-state index in [-0.39, 0.29) is 12.1 Å². The molecule has 152 valence electrons. The van der Waals surface area contributed by atoms with Crippen LogP contribution in [0.15, 0.2) is 42.6 Å². The highest BCUT2D eigenvalue weighted by molar-refractivity contribution is 5.80. The first-order chi connectivity index (χ1) is 12.9. The molecule has 1 unspecified atom stereocenters. The quantitative estimate of drug-likeness (QED) is 0.797. The van der Waals surface area contributed by atoms with Crippen molar-refractivity contribution in [2.24, 2.45) is 0 Å². The smallest absolute Gasteiger partial charge is 0.416 e. The van der Waals surface area contributed by atoms with Crippen molar-refractivity contribution in [1.82, 2.24) is 9.88 Å². The van der Waals surface area contributed by atoms with Crippen molar-refractivity contribution < 1.29 is 32.6 Å². The molecule has 1 amide bonds. The fourth-order valence-electron chi connectivity index (χ4n) is 2.53. The van der Waals surface area contributed by atoms with E-state index in [4.69, 9.17) is 4.74 Å². The molecule has 2 N–H and O–H groups in total. The lowest BCUT2D eigenvalue weighted by Crippen LogP contribution is -2.44. The Bertz CT molecular complexity index is 853. The van der Waals surface area contributed by atoms with Crippen molar-refractivity contribution in [2.75, 3.05) is 0 Å². The summed E-state index contributed by atoms with van der Waals surface area (Å²) in [5.74, 6) is -1.29. The first-order valence-electron chi connectivity index (χ1n) is 8.43. The fourth-order valence-corrected chi connectivity index (χ4v) is 2.53. The molecule has 9 heteroatoms. The molecule has 1 aromatic heterocycles. The van der Waals surface area contributed by atoms with E-state index in [2.05, 4.69) is 5.32 Å². The summed E-state index contributed by atoms with van der Waals surface area (Å²) < 4.78 is 45.4. The van der Waals surface area contributed by atoms with Crippen LogP contribution in [0.25, 0.3) is 5.69 Å². The van der Waals surface area contributed by atoms with Crippen LogP contribution in [0.1, 0.15) is 32.0 Å². The molecule has 0 radical (unpaired) electrons. The van der Waals surface area contributed by atoms with Gasteiger partial charge >= 0.3 is 18.2 Å². The second-order valence-corrected chi connectivity index (χ2v) is 7.16. The van der Waals surface area contributed by atoms with E-state index in [1.807, 2.05) is 0 Å². The molecule has 0 aliphatic carbocycles. The number of alkyl halides is 3. The number of carbonyl (C=O) groups excluding carboxylic acids is 1. The Kier molecular flexibility index (Phi) is 6.06. The number of aromatic nitrogens is 1. The lowest BCUT2D eigenvalue weighted by Gasteiger charge is -2.22. The van der Waals surface area contributed by atoms with Crippen LogP contribution in [-0.2, 0) is 22.1 Å². The fraction of sp³-hybridized carbons (Fsp3) is 0.368. The minimum Gasteiger partial charge on any atom is -0.480 e. The van der Waals surface area contributed by atoms with Gasteiger partial charge in [0.05, 0.1) is 5.56 Å². The third-order valence-corrected chi connectivity index (χ3v) is 3.69. The molecule has 0 aliphatic heterocycles. The SMILES string of the molecule is CC(C)(C)OC(=O)NC(Cc1cccn1-c1cccc(C(F)(F)F)c1)C(=O)O. The molecule has 1 atom stereocenters. The average molecular weight is 398 g/mol. The molecule has 1 aromatic carbocycles. The molecule has 0 saturated heterocycles. The van der Waals surface area contributed by atoms with Gasteiger partial charge in [-0.15, -0.1) is 0 Å². The number of benzene rings is 1. The van der Waals surface area contributed by atoms with Gasteiger partial charge in [-0.1, -0.05) is 6.07 Å². The van der Waals surface area contributed by atoms with Crippen LogP contribution in [0, 0.1) is 0 Å². The van der Waals surface area contributed by atoms with Crippen LogP contribution in [-0.4, -0.2) is 33.4 Å². The number of carboxylic acids is 1. The van der Waals surface area contributed by atoms with Gasteiger partial charge in [0, 0.05) is 24.0 Å². The monoisotopic (exact) mass is 398 g/mol. The lowest BCUT2D eigenvalue weighted by atomic mass is 10.1. The van der Waals surface area contributed by atoms with Crippen molar-refractivity contribution in [3.8, 4) is 5.69 Å². The van der Waals surface area contributed by atoms with Crippen LogP contribution in [0.2, 0.25) is 0 Å². The molecular weight excluding hydrogens is 377 g/mol. The van der Waals surface area contributed by atoms with Crippen LogP contribution in [0.5, 0.6) is 0 Å². The number of nitrogens with zero attached hydrogens (tertiary/aromatic N) is 1. The lowest BCUT2D eigenvalue weighted by molar-refractivity contribution is -0.139. The van der Waals surface area contributed by atoms with E-state index < -0.39 is 35.4 Å². The van der Waals surface area contributed by atoms with E-state index in [0.717, 1.165) is 12.1 Å². The normalized spacial score (nSPS) is 13.1. The zero-order valence-corrected chi connectivity index (χ0v) is 15.6. The van der Waals surface area contributed by atoms with Crippen LogP contribution < -0.4 is 5.32 Å². The molecule has 0 saturated carbocycles. The summed E-state index contributed by atoms with van der Waals surface area (Å²) >= 11 is 0. The van der Waals surface area contributed by atoms with E-state index >= 15 is 0 Å². The van der Waals surface area contributed by atoms with Crippen molar-refractivity contribution in [3.63, 3.8) is 0 Å². The minimum atomic E-state index is -4.49. The zero-order valence-electron chi connectivity index (χ0n) is 15.6. The van der Waals surface area contributed by atoms with Gasteiger partial charge in [0.25, 0.3) is 0 Å². The maximum atomic E-state index is 13.0.